The van der Waals surface area contributed by atoms with E-state index in [4.69, 9.17) is 10.5 Å². The number of amides is 1. The molecule has 1 heterocycles. The van der Waals surface area contributed by atoms with Crippen molar-refractivity contribution < 1.29 is 27.9 Å². The molecule has 12 heteroatoms. The third kappa shape index (κ3) is 7.62. The number of H-pyrrole nitrogens is 1. The van der Waals surface area contributed by atoms with Crippen molar-refractivity contribution in [1.82, 2.24) is 14.7 Å². The van der Waals surface area contributed by atoms with Gasteiger partial charge in [-0.15, -0.1) is 0 Å². The van der Waals surface area contributed by atoms with Crippen LogP contribution in [0.2, 0.25) is 0 Å². The minimum absolute atomic E-state index is 0.0143. The summed E-state index contributed by atoms with van der Waals surface area (Å²) in [6.45, 7) is 6.01. The molecule has 0 aliphatic rings. The van der Waals surface area contributed by atoms with E-state index in [1.54, 1.807) is 0 Å². The van der Waals surface area contributed by atoms with Gasteiger partial charge in [-0.2, -0.15) is 4.72 Å². The minimum atomic E-state index is -4.26. The Hall–Kier alpha value is -3.25. The van der Waals surface area contributed by atoms with Crippen molar-refractivity contribution in [3.63, 3.8) is 0 Å². The molecule has 198 valence electrons. The molecule has 0 aliphatic carbocycles. The summed E-state index contributed by atoms with van der Waals surface area (Å²) < 4.78 is 34.2. The molecule has 1 amide bonds. The minimum Gasteiger partial charge on any atom is -0.493 e. The summed E-state index contributed by atoms with van der Waals surface area (Å²) in [5.74, 6) is -1.34. The lowest BCUT2D eigenvalue weighted by Crippen LogP contribution is -2.40. The Balaban J connectivity index is 2.47. The zero-order valence-corrected chi connectivity index (χ0v) is 21.6. The number of nitrogens with two attached hydrogens (primary N) is 1. The van der Waals surface area contributed by atoms with Crippen molar-refractivity contribution >= 4 is 21.9 Å². The fourth-order valence-electron chi connectivity index (χ4n) is 3.66. The van der Waals surface area contributed by atoms with Crippen LogP contribution >= 0.6 is 0 Å². The predicted molar refractivity (Wildman–Crippen MR) is 134 cm³/mol. The molecule has 1 atom stereocenters. The SMILES string of the molecule is CCCOc1ccc(S(=O)(=O)NC(CCCCC(N)=O)C(=O)O)cc1-c1nc(CC)c(CC)c(=O)[nH]1. The Morgan fingerprint density at radius 3 is 2.50 bits per heavy atom. The Bertz CT molecular complexity index is 1240. The van der Waals surface area contributed by atoms with Crippen molar-refractivity contribution in [3.05, 3.63) is 39.8 Å². The highest BCUT2D eigenvalue weighted by molar-refractivity contribution is 7.89. The summed E-state index contributed by atoms with van der Waals surface area (Å²) in [4.78, 5) is 42.3. The molecule has 0 saturated carbocycles. The second kappa shape index (κ2) is 13.2. The Kier molecular flexibility index (Phi) is 10.6. The van der Waals surface area contributed by atoms with Crippen LogP contribution in [0.15, 0.2) is 27.9 Å². The lowest BCUT2D eigenvalue weighted by molar-refractivity contribution is -0.139. The second-order valence-electron chi connectivity index (χ2n) is 8.28. The monoisotopic (exact) mass is 522 g/mol. The fourth-order valence-corrected chi connectivity index (χ4v) is 4.91. The van der Waals surface area contributed by atoms with Crippen LogP contribution in [0, 0.1) is 0 Å². The number of aliphatic carboxylic acids is 1. The number of benzene rings is 1. The van der Waals surface area contributed by atoms with Crippen LogP contribution < -0.4 is 20.8 Å². The van der Waals surface area contributed by atoms with Crippen molar-refractivity contribution in [2.45, 2.75) is 76.7 Å². The Labute approximate surface area is 210 Å². The normalized spacial score (nSPS) is 12.3. The van der Waals surface area contributed by atoms with Crippen molar-refractivity contribution in [1.29, 1.82) is 0 Å². The van der Waals surface area contributed by atoms with Gasteiger partial charge in [0.2, 0.25) is 15.9 Å². The summed E-state index contributed by atoms with van der Waals surface area (Å²) in [7, 11) is -4.26. The quantitative estimate of drug-likeness (QED) is 0.257. The Morgan fingerprint density at radius 1 is 1.19 bits per heavy atom. The first-order valence-corrected chi connectivity index (χ1v) is 13.4. The molecule has 0 fully saturated rings. The van der Waals surface area contributed by atoms with E-state index in [1.165, 1.54) is 18.2 Å². The number of carboxylic acids is 1. The van der Waals surface area contributed by atoms with E-state index in [0.717, 1.165) is 0 Å². The van der Waals surface area contributed by atoms with Gasteiger partial charge in [0.05, 0.1) is 22.8 Å². The van der Waals surface area contributed by atoms with E-state index in [9.17, 15) is 27.9 Å². The van der Waals surface area contributed by atoms with Crippen molar-refractivity contribution in [2.24, 2.45) is 5.73 Å². The number of carbonyl (C=O) groups is 2. The molecule has 2 rings (SSSR count). The van der Waals surface area contributed by atoms with Crippen LogP contribution in [0.4, 0.5) is 0 Å². The van der Waals surface area contributed by atoms with Gasteiger partial charge in [-0.25, -0.2) is 13.4 Å². The average Bonchev–Trinajstić information content (AvgIpc) is 2.83. The third-order valence-electron chi connectivity index (χ3n) is 5.53. The highest BCUT2D eigenvalue weighted by Crippen LogP contribution is 2.31. The van der Waals surface area contributed by atoms with Gasteiger partial charge >= 0.3 is 5.97 Å². The number of primary amides is 1. The maximum atomic E-state index is 13.1. The third-order valence-corrected chi connectivity index (χ3v) is 7.00. The molecule has 0 radical (unpaired) electrons. The maximum Gasteiger partial charge on any atom is 0.321 e. The molecule has 1 unspecified atom stereocenters. The molecule has 1 aromatic heterocycles. The van der Waals surface area contributed by atoms with Gasteiger partial charge in [0.25, 0.3) is 5.56 Å². The molecule has 0 bridgehead atoms. The second-order valence-corrected chi connectivity index (χ2v) is 9.99. The molecule has 2 aromatic rings. The van der Waals surface area contributed by atoms with E-state index in [2.05, 4.69) is 14.7 Å². The Morgan fingerprint density at radius 2 is 1.92 bits per heavy atom. The fraction of sp³-hybridized carbons (Fsp3) is 0.500. The van der Waals surface area contributed by atoms with Gasteiger partial charge in [-0.1, -0.05) is 27.2 Å². The number of carboxylic acid groups (broad SMARTS) is 1. The zero-order valence-electron chi connectivity index (χ0n) is 20.8. The zero-order chi connectivity index (χ0) is 26.9. The van der Waals surface area contributed by atoms with Crippen LogP contribution in [0.1, 0.15) is 64.1 Å². The number of rotatable bonds is 15. The smallest absolute Gasteiger partial charge is 0.321 e. The summed E-state index contributed by atoms with van der Waals surface area (Å²) in [6.07, 6.45) is 2.44. The van der Waals surface area contributed by atoms with E-state index in [-0.39, 0.29) is 34.7 Å². The summed E-state index contributed by atoms with van der Waals surface area (Å²) in [6, 6.07) is 2.68. The summed E-state index contributed by atoms with van der Waals surface area (Å²) >= 11 is 0. The first-order chi connectivity index (χ1) is 17.0. The molecule has 5 N–H and O–H groups in total. The molecule has 0 saturated heterocycles. The van der Waals surface area contributed by atoms with Crippen LogP contribution in [0.3, 0.4) is 0 Å². The van der Waals surface area contributed by atoms with Crippen molar-refractivity contribution in [2.75, 3.05) is 6.61 Å². The van der Waals surface area contributed by atoms with Crippen LogP contribution in [0.5, 0.6) is 5.75 Å². The highest BCUT2D eigenvalue weighted by atomic mass is 32.2. The van der Waals surface area contributed by atoms with E-state index in [1.807, 2.05) is 20.8 Å². The number of nitrogens with one attached hydrogen (secondary N) is 2. The van der Waals surface area contributed by atoms with Gasteiger partial charge in [-0.05, 0) is 50.3 Å². The molecular weight excluding hydrogens is 488 g/mol. The van der Waals surface area contributed by atoms with Gasteiger partial charge in [0.1, 0.15) is 17.6 Å². The number of aryl methyl sites for hydroxylation is 1. The molecule has 1 aromatic carbocycles. The number of carbonyl (C=O) groups excluding carboxylic acids is 1. The summed E-state index contributed by atoms with van der Waals surface area (Å²) in [5, 5.41) is 9.52. The average molecular weight is 523 g/mol. The maximum absolute atomic E-state index is 13.1. The number of hydrogen-bond acceptors (Lipinski definition) is 7. The summed E-state index contributed by atoms with van der Waals surface area (Å²) in [5.41, 5.74) is 6.21. The number of aromatic amines is 1. The number of sulfonamides is 1. The standard InChI is InChI=1S/C24H34N4O7S/c1-4-13-35-20-12-11-15(14-17(20)22-26-18(6-3)16(5-2)23(30)27-22)36(33,34)28-19(24(31)32)9-7-8-10-21(25)29/h11-12,14,19,28H,4-10,13H2,1-3H3,(H2,25,29)(H,31,32)(H,26,27,30). The van der Waals surface area contributed by atoms with Crippen LogP contribution in [0.25, 0.3) is 11.4 Å². The molecule has 36 heavy (non-hydrogen) atoms. The lowest BCUT2D eigenvalue weighted by Gasteiger charge is -2.17. The molecule has 11 nitrogen and oxygen atoms in total. The van der Waals surface area contributed by atoms with Crippen LogP contribution in [-0.4, -0.2) is 48.0 Å². The van der Waals surface area contributed by atoms with E-state index in [0.29, 0.717) is 55.7 Å². The van der Waals surface area contributed by atoms with E-state index >= 15 is 0 Å². The first-order valence-electron chi connectivity index (χ1n) is 12.0. The topological polar surface area (TPSA) is 182 Å². The number of unbranched alkanes of at least 4 members (excludes halogenated alkanes) is 1. The largest absolute Gasteiger partial charge is 0.493 e. The predicted octanol–water partition coefficient (Wildman–Crippen LogP) is 2.13. The molecule has 0 aliphatic heterocycles. The van der Waals surface area contributed by atoms with Crippen molar-refractivity contribution in [3.8, 4) is 17.1 Å². The molecular formula is C24H34N4O7S. The van der Waals surface area contributed by atoms with Crippen LogP contribution in [-0.2, 0) is 32.5 Å². The van der Waals surface area contributed by atoms with Gasteiger partial charge in [0.15, 0.2) is 0 Å². The number of nitrogens with zero attached hydrogens (tertiary/aromatic N) is 1. The number of ether oxygens (including phenoxy) is 1. The van der Waals surface area contributed by atoms with Gasteiger partial charge in [-0.3, -0.25) is 14.4 Å². The van der Waals surface area contributed by atoms with Gasteiger partial charge in [0, 0.05) is 12.0 Å². The number of aromatic nitrogens is 2. The lowest BCUT2D eigenvalue weighted by atomic mass is 10.1. The highest BCUT2D eigenvalue weighted by Gasteiger charge is 2.26. The van der Waals surface area contributed by atoms with E-state index < -0.39 is 27.9 Å². The first kappa shape index (κ1) is 29.0. The molecule has 0 spiro atoms. The number of hydrogen-bond donors (Lipinski definition) is 4. The van der Waals surface area contributed by atoms with Gasteiger partial charge < -0.3 is 20.6 Å².